The van der Waals surface area contributed by atoms with E-state index in [-0.39, 0.29) is 17.9 Å². The minimum absolute atomic E-state index is 0.0220. The molecule has 0 bridgehead atoms. The smallest absolute Gasteiger partial charge is 0.264 e. The van der Waals surface area contributed by atoms with Crippen molar-refractivity contribution in [1.82, 2.24) is 10.2 Å². The Balaban J connectivity index is 1.83. The molecule has 1 aliphatic carbocycles. The number of fused-ring (bicyclic) bond motifs is 1. The Morgan fingerprint density at radius 3 is 3.11 bits per heavy atom. The Bertz CT molecular complexity index is 502. The molecular formula is C14H18N2O2S. The van der Waals surface area contributed by atoms with E-state index in [1.807, 2.05) is 13.0 Å². The molecule has 2 heterocycles. The van der Waals surface area contributed by atoms with Crippen LogP contribution in [0.25, 0.3) is 0 Å². The highest BCUT2D eigenvalue weighted by atomic mass is 32.1. The second-order valence-electron chi connectivity index (χ2n) is 5.13. The first-order chi connectivity index (χ1) is 9.20. The minimum Gasteiger partial charge on any atom is -0.353 e. The number of nitrogens with zero attached hydrogens (tertiary/aromatic N) is 1. The van der Waals surface area contributed by atoms with Gasteiger partial charge in [0.1, 0.15) is 6.04 Å². The first-order valence-electron chi connectivity index (χ1n) is 6.91. The van der Waals surface area contributed by atoms with Gasteiger partial charge in [-0.15, -0.1) is 11.3 Å². The van der Waals surface area contributed by atoms with Crippen LogP contribution in [0.2, 0.25) is 0 Å². The number of piperazine rings is 1. The predicted octanol–water partition coefficient (Wildman–Crippen LogP) is 1.59. The summed E-state index contributed by atoms with van der Waals surface area (Å²) in [4.78, 5) is 28.3. The molecule has 1 saturated heterocycles. The molecule has 0 saturated carbocycles. The molecule has 1 atom stereocenters. The number of nitrogens with one attached hydrogen (secondary N) is 1. The van der Waals surface area contributed by atoms with Crippen molar-refractivity contribution in [2.75, 3.05) is 13.1 Å². The molecule has 2 aliphatic rings. The molecule has 1 fully saturated rings. The summed E-state index contributed by atoms with van der Waals surface area (Å²) in [5, 5.41) is 2.83. The summed E-state index contributed by atoms with van der Waals surface area (Å²) in [6.07, 6.45) is 4.07. The maximum Gasteiger partial charge on any atom is 0.264 e. The third kappa shape index (κ3) is 2.16. The fourth-order valence-electron chi connectivity index (χ4n) is 2.94. The normalized spacial score (nSPS) is 22.3. The molecule has 102 valence electrons. The molecule has 19 heavy (non-hydrogen) atoms. The van der Waals surface area contributed by atoms with Crippen molar-refractivity contribution in [2.45, 2.75) is 38.6 Å². The van der Waals surface area contributed by atoms with E-state index in [2.05, 4.69) is 5.32 Å². The standard InChI is InChI=1S/C14H18N2O2S/c1-2-10-13(17)15-6-7-16(10)14(18)12-8-9-4-3-5-11(9)19-12/h8,10H,2-7H2,1H3,(H,15,17). The molecule has 1 unspecified atom stereocenters. The van der Waals surface area contributed by atoms with Crippen LogP contribution < -0.4 is 5.32 Å². The van der Waals surface area contributed by atoms with E-state index >= 15 is 0 Å². The van der Waals surface area contributed by atoms with Gasteiger partial charge in [0.25, 0.3) is 5.91 Å². The van der Waals surface area contributed by atoms with Crippen LogP contribution in [0.5, 0.6) is 0 Å². The van der Waals surface area contributed by atoms with E-state index in [9.17, 15) is 9.59 Å². The number of amides is 2. The average molecular weight is 278 g/mol. The average Bonchev–Trinajstić information content (AvgIpc) is 2.98. The summed E-state index contributed by atoms with van der Waals surface area (Å²) in [5.41, 5.74) is 1.34. The summed E-state index contributed by atoms with van der Waals surface area (Å²) in [6, 6.07) is 1.73. The van der Waals surface area contributed by atoms with Gasteiger partial charge in [-0.1, -0.05) is 6.92 Å². The van der Waals surface area contributed by atoms with Crippen LogP contribution in [0.3, 0.4) is 0 Å². The van der Waals surface area contributed by atoms with Crippen molar-refractivity contribution in [3.63, 3.8) is 0 Å². The van der Waals surface area contributed by atoms with Gasteiger partial charge in [-0.2, -0.15) is 0 Å². The fourth-order valence-corrected chi connectivity index (χ4v) is 4.15. The molecule has 0 spiro atoms. The second kappa shape index (κ2) is 4.96. The summed E-state index contributed by atoms with van der Waals surface area (Å²) in [6.45, 7) is 3.13. The molecule has 2 amide bonds. The maximum atomic E-state index is 12.6. The molecule has 1 aliphatic heterocycles. The number of hydrogen-bond acceptors (Lipinski definition) is 3. The maximum absolute atomic E-state index is 12.6. The quantitative estimate of drug-likeness (QED) is 0.893. The van der Waals surface area contributed by atoms with Gasteiger partial charge in [-0.05, 0) is 37.3 Å². The lowest BCUT2D eigenvalue weighted by atomic mass is 10.1. The highest BCUT2D eigenvalue weighted by Crippen LogP contribution is 2.31. The topological polar surface area (TPSA) is 49.4 Å². The Morgan fingerprint density at radius 2 is 2.37 bits per heavy atom. The van der Waals surface area contributed by atoms with Crippen LogP contribution in [0.15, 0.2) is 6.07 Å². The number of hydrogen-bond donors (Lipinski definition) is 1. The van der Waals surface area contributed by atoms with E-state index in [1.165, 1.54) is 16.9 Å². The van der Waals surface area contributed by atoms with Crippen LogP contribution in [0.4, 0.5) is 0 Å². The van der Waals surface area contributed by atoms with Crippen LogP contribution in [0.1, 0.15) is 39.9 Å². The van der Waals surface area contributed by atoms with Gasteiger partial charge in [0.05, 0.1) is 4.88 Å². The molecule has 0 radical (unpaired) electrons. The van der Waals surface area contributed by atoms with Crippen molar-refractivity contribution in [3.8, 4) is 0 Å². The van der Waals surface area contributed by atoms with Crippen LogP contribution in [-0.2, 0) is 17.6 Å². The third-order valence-electron chi connectivity index (χ3n) is 3.94. The fraction of sp³-hybridized carbons (Fsp3) is 0.571. The highest BCUT2D eigenvalue weighted by molar-refractivity contribution is 7.14. The van der Waals surface area contributed by atoms with E-state index in [0.29, 0.717) is 19.5 Å². The van der Waals surface area contributed by atoms with Crippen molar-refractivity contribution in [2.24, 2.45) is 0 Å². The van der Waals surface area contributed by atoms with Gasteiger partial charge in [0, 0.05) is 18.0 Å². The zero-order valence-corrected chi connectivity index (χ0v) is 11.9. The summed E-state index contributed by atoms with van der Waals surface area (Å²) in [5.74, 6) is 0.00676. The lowest BCUT2D eigenvalue weighted by Gasteiger charge is -2.34. The highest BCUT2D eigenvalue weighted by Gasteiger charge is 2.33. The van der Waals surface area contributed by atoms with Gasteiger partial charge in [0.2, 0.25) is 5.91 Å². The summed E-state index contributed by atoms with van der Waals surface area (Å²) < 4.78 is 0. The zero-order chi connectivity index (χ0) is 13.4. The number of carbonyl (C=O) groups is 2. The molecule has 1 N–H and O–H groups in total. The molecule has 1 aromatic rings. The molecule has 5 heteroatoms. The monoisotopic (exact) mass is 278 g/mol. The zero-order valence-electron chi connectivity index (χ0n) is 11.1. The third-order valence-corrected chi connectivity index (χ3v) is 5.16. The van der Waals surface area contributed by atoms with Gasteiger partial charge in [-0.3, -0.25) is 9.59 Å². The molecule has 4 nitrogen and oxygen atoms in total. The minimum atomic E-state index is -0.307. The van der Waals surface area contributed by atoms with E-state index < -0.39 is 0 Å². The number of rotatable bonds is 2. The van der Waals surface area contributed by atoms with Crippen molar-refractivity contribution in [1.29, 1.82) is 0 Å². The lowest BCUT2D eigenvalue weighted by molar-refractivity contribution is -0.127. The lowest BCUT2D eigenvalue weighted by Crippen LogP contribution is -2.56. The molecule has 0 aromatic carbocycles. The van der Waals surface area contributed by atoms with E-state index in [1.54, 1.807) is 16.2 Å². The van der Waals surface area contributed by atoms with Crippen LogP contribution in [0, 0.1) is 0 Å². The van der Waals surface area contributed by atoms with Gasteiger partial charge >= 0.3 is 0 Å². The first-order valence-corrected chi connectivity index (χ1v) is 7.72. The summed E-state index contributed by atoms with van der Waals surface area (Å²) >= 11 is 1.61. The molecular weight excluding hydrogens is 260 g/mol. The number of aryl methyl sites for hydroxylation is 2. The van der Waals surface area contributed by atoms with Gasteiger partial charge in [0.15, 0.2) is 0 Å². The SMILES string of the molecule is CCC1C(=O)NCCN1C(=O)c1cc2c(s1)CCC2. The van der Waals surface area contributed by atoms with Gasteiger partial charge in [-0.25, -0.2) is 0 Å². The Kier molecular flexibility index (Phi) is 3.31. The van der Waals surface area contributed by atoms with Gasteiger partial charge < -0.3 is 10.2 Å². The molecule has 3 rings (SSSR count). The predicted molar refractivity (Wildman–Crippen MR) is 74.5 cm³/mol. The summed E-state index contributed by atoms with van der Waals surface area (Å²) in [7, 11) is 0. The Hall–Kier alpha value is -1.36. The van der Waals surface area contributed by atoms with Crippen molar-refractivity contribution >= 4 is 23.2 Å². The van der Waals surface area contributed by atoms with Crippen LogP contribution >= 0.6 is 11.3 Å². The van der Waals surface area contributed by atoms with Crippen LogP contribution in [-0.4, -0.2) is 35.8 Å². The Labute approximate surface area is 116 Å². The van der Waals surface area contributed by atoms with E-state index in [0.717, 1.165) is 17.7 Å². The largest absolute Gasteiger partial charge is 0.353 e. The second-order valence-corrected chi connectivity index (χ2v) is 6.26. The number of carbonyl (C=O) groups excluding carboxylic acids is 2. The molecule has 1 aromatic heterocycles. The van der Waals surface area contributed by atoms with Crippen molar-refractivity contribution in [3.05, 3.63) is 21.4 Å². The Morgan fingerprint density at radius 1 is 1.53 bits per heavy atom. The van der Waals surface area contributed by atoms with Crippen molar-refractivity contribution < 1.29 is 9.59 Å². The van der Waals surface area contributed by atoms with E-state index in [4.69, 9.17) is 0 Å². The number of thiophene rings is 1. The first kappa shape index (κ1) is 12.7.